The van der Waals surface area contributed by atoms with Crippen molar-refractivity contribution < 1.29 is 9.59 Å². The van der Waals surface area contributed by atoms with Crippen LogP contribution in [0.2, 0.25) is 0 Å². The van der Waals surface area contributed by atoms with Gasteiger partial charge in [-0.15, -0.1) is 0 Å². The van der Waals surface area contributed by atoms with Gasteiger partial charge in [-0.1, -0.05) is 46.3 Å². The van der Waals surface area contributed by atoms with E-state index in [4.69, 9.17) is 0 Å². The number of imide groups is 1. The molecular weight excluding hydrogens is 378 g/mol. The number of nitrogens with zero attached hydrogens (tertiary/aromatic N) is 1. The van der Waals surface area contributed by atoms with E-state index in [1.165, 1.54) is 10.5 Å². The van der Waals surface area contributed by atoms with Crippen LogP contribution in [0.4, 0.5) is 5.69 Å². The van der Waals surface area contributed by atoms with Gasteiger partial charge in [-0.2, -0.15) is 0 Å². The summed E-state index contributed by atoms with van der Waals surface area (Å²) in [5.41, 5.74) is 2.01. The van der Waals surface area contributed by atoms with Gasteiger partial charge in [0.1, 0.15) is 0 Å². The van der Waals surface area contributed by atoms with Crippen LogP contribution in [-0.2, 0) is 9.59 Å². The van der Waals surface area contributed by atoms with E-state index in [9.17, 15) is 9.59 Å². The lowest BCUT2D eigenvalue weighted by atomic mass is 9.73. The molecule has 0 aromatic heterocycles. The molecule has 25 heavy (non-hydrogen) atoms. The molecular formula is C21H18BrNO2. The first kappa shape index (κ1) is 15.3. The molecule has 0 spiro atoms. The lowest BCUT2D eigenvalue weighted by Crippen LogP contribution is -2.32. The number of benzene rings is 2. The minimum absolute atomic E-state index is 0.00505. The van der Waals surface area contributed by atoms with E-state index in [-0.39, 0.29) is 23.7 Å². The minimum Gasteiger partial charge on any atom is -0.274 e. The lowest BCUT2D eigenvalue weighted by Gasteiger charge is -2.28. The molecule has 0 N–H and O–H groups in total. The van der Waals surface area contributed by atoms with Crippen molar-refractivity contribution >= 4 is 33.4 Å². The Morgan fingerprint density at radius 2 is 1.52 bits per heavy atom. The van der Waals surface area contributed by atoms with Crippen molar-refractivity contribution in [3.63, 3.8) is 0 Å². The second-order valence-electron chi connectivity index (χ2n) is 7.45. The molecule has 2 saturated carbocycles. The Labute approximate surface area is 155 Å². The molecule has 1 heterocycles. The van der Waals surface area contributed by atoms with Crippen molar-refractivity contribution in [2.24, 2.45) is 23.7 Å². The Kier molecular flexibility index (Phi) is 3.39. The van der Waals surface area contributed by atoms with Crippen molar-refractivity contribution in [2.75, 3.05) is 4.90 Å². The number of hydrogen-bond acceptors (Lipinski definition) is 2. The average Bonchev–Trinajstić information content (AvgIpc) is 3.29. The number of anilines is 1. The zero-order valence-electron chi connectivity index (χ0n) is 13.6. The monoisotopic (exact) mass is 395 g/mol. The molecule has 3 nitrogen and oxygen atoms in total. The maximum atomic E-state index is 13.1. The Morgan fingerprint density at radius 3 is 2.24 bits per heavy atom. The molecule has 1 aliphatic heterocycles. The predicted octanol–water partition coefficient (Wildman–Crippen LogP) is 4.38. The van der Waals surface area contributed by atoms with Crippen LogP contribution in [0, 0.1) is 23.7 Å². The highest BCUT2D eigenvalue weighted by atomic mass is 79.9. The number of carbonyl (C=O) groups excluding carboxylic acids is 2. The molecule has 0 unspecified atom stereocenters. The highest BCUT2D eigenvalue weighted by molar-refractivity contribution is 9.10. The summed E-state index contributed by atoms with van der Waals surface area (Å²) < 4.78 is 0.944. The van der Waals surface area contributed by atoms with Crippen LogP contribution < -0.4 is 4.90 Å². The van der Waals surface area contributed by atoms with E-state index >= 15 is 0 Å². The van der Waals surface area contributed by atoms with Gasteiger partial charge in [-0.3, -0.25) is 14.5 Å². The maximum absolute atomic E-state index is 13.1. The van der Waals surface area contributed by atoms with Crippen LogP contribution in [0.5, 0.6) is 0 Å². The van der Waals surface area contributed by atoms with Crippen LogP contribution in [0.3, 0.4) is 0 Å². The largest absolute Gasteiger partial charge is 0.274 e. The average molecular weight is 396 g/mol. The van der Waals surface area contributed by atoms with Gasteiger partial charge in [0, 0.05) is 4.47 Å². The van der Waals surface area contributed by atoms with Gasteiger partial charge in [0.25, 0.3) is 0 Å². The van der Waals surface area contributed by atoms with Gasteiger partial charge in [-0.25, -0.2) is 0 Å². The number of carbonyl (C=O) groups is 2. The van der Waals surface area contributed by atoms with Crippen LogP contribution in [0.25, 0.3) is 0 Å². The van der Waals surface area contributed by atoms with Crippen molar-refractivity contribution in [2.45, 2.75) is 18.8 Å². The molecule has 126 valence electrons. The van der Waals surface area contributed by atoms with Gasteiger partial charge in [0.15, 0.2) is 0 Å². The molecule has 3 aliphatic rings. The van der Waals surface area contributed by atoms with Crippen LogP contribution in [-0.4, -0.2) is 11.8 Å². The highest BCUT2D eigenvalue weighted by Gasteiger charge is 2.64. The van der Waals surface area contributed by atoms with Gasteiger partial charge in [-0.05, 0) is 60.4 Å². The van der Waals surface area contributed by atoms with Crippen LogP contribution >= 0.6 is 15.9 Å². The zero-order chi connectivity index (χ0) is 17.1. The molecule has 2 aliphatic carbocycles. The van der Waals surface area contributed by atoms with Gasteiger partial charge < -0.3 is 0 Å². The third kappa shape index (κ3) is 2.16. The highest BCUT2D eigenvalue weighted by Crippen LogP contribution is 2.61. The Bertz CT molecular complexity index is 848. The summed E-state index contributed by atoms with van der Waals surface area (Å²) in [6, 6.07) is 17.9. The van der Waals surface area contributed by atoms with Crippen LogP contribution in [0.15, 0.2) is 59.1 Å². The SMILES string of the molecule is O=C1[C@@H]2[C@@H]3C[C@@H]([C@H]2C(=O)N1c1ccc(Br)cc1)[C@@H](c1ccccc1)C3. The predicted molar refractivity (Wildman–Crippen MR) is 99.0 cm³/mol. The molecule has 5 atom stereocenters. The second-order valence-corrected chi connectivity index (χ2v) is 8.37. The molecule has 0 radical (unpaired) electrons. The Hall–Kier alpha value is -1.94. The molecule has 3 fully saturated rings. The summed E-state index contributed by atoms with van der Waals surface area (Å²) in [6.07, 6.45) is 2.05. The molecule has 2 bridgehead atoms. The summed E-state index contributed by atoms with van der Waals surface area (Å²) in [4.78, 5) is 27.6. The first-order valence-corrected chi connectivity index (χ1v) is 9.63. The number of fused-ring (bicyclic) bond motifs is 5. The van der Waals surface area contributed by atoms with E-state index < -0.39 is 0 Å². The first-order valence-electron chi connectivity index (χ1n) is 8.83. The van der Waals surface area contributed by atoms with Crippen molar-refractivity contribution in [1.29, 1.82) is 0 Å². The summed E-state index contributed by atoms with van der Waals surface area (Å²) in [5.74, 6) is 0.823. The summed E-state index contributed by atoms with van der Waals surface area (Å²) in [7, 11) is 0. The topological polar surface area (TPSA) is 37.4 Å². The Balaban J connectivity index is 1.49. The molecule has 5 rings (SSSR count). The number of halogens is 1. The standard InChI is InChI=1S/C21H18BrNO2/c22-14-6-8-15(9-7-14)23-20(24)18-13-10-16(12-4-2-1-3-5-12)17(11-13)19(18)21(23)25/h1-9,13,16-19H,10-11H2/t13-,16+,17+,18+,19+/m0/s1. The fraction of sp³-hybridized carbons (Fsp3) is 0.333. The molecule has 2 aromatic rings. The molecule has 2 aromatic carbocycles. The fourth-order valence-electron chi connectivity index (χ4n) is 5.39. The van der Waals surface area contributed by atoms with Gasteiger partial charge in [0.2, 0.25) is 11.8 Å². The molecule has 1 saturated heterocycles. The second kappa shape index (κ2) is 5.53. The zero-order valence-corrected chi connectivity index (χ0v) is 15.2. The van der Waals surface area contributed by atoms with E-state index in [2.05, 4.69) is 40.2 Å². The van der Waals surface area contributed by atoms with Crippen molar-refractivity contribution in [1.82, 2.24) is 0 Å². The van der Waals surface area contributed by atoms with E-state index in [0.717, 1.165) is 17.3 Å². The third-order valence-corrected chi connectivity index (χ3v) is 6.86. The lowest BCUT2D eigenvalue weighted by molar-refractivity contribution is -0.123. The number of amides is 2. The fourth-order valence-corrected chi connectivity index (χ4v) is 5.65. The first-order chi connectivity index (χ1) is 12.1. The van der Waals surface area contributed by atoms with E-state index in [1.54, 1.807) is 0 Å². The van der Waals surface area contributed by atoms with Crippen LogP contribution in [0.1, 0.15) is 24.3 Å². The van der Waals surface area contributed by atoms with E-state index in [1.807, 2.05) is 30.3 Å². The van der Waals surface area contributed by atoms with Gasteiger partial charge >= 0.3 is 0 Å². The smallest absolute Gasteiger partial charge is 0.237 e. The number of rotatable bonds is 2. The quantitative estimate of drug-likeness (QED) is 0.707. The summed E-state index contributed by atoms with van der Waals surface area (Å²) >= 11 is 3.41. The summed E-state index contributed by atoms with van der Waals surface area (Å²) in [5, 5.41) is 0. The number of hydrogen-bond donors (Lipinski definition) is 0. The third-order valence-electron chi connectivity index (χ3n) is 6.33. The summed E-state index contributed by atoms with van der Waals surface area (Å²) in [6.45, 7) is 0. The van der Waals surface area contributed by atoms with Crippen molar-refractivity contribution in [3.05, 3.63) is 64.6 Å². The molecule has 2 amide bonds. The Morgan fingerprint density at radius 1 is 0.840 bits per heavy atom. The minimum atomic E-state index is -0.139. The maximum Gasteiger partial charge on any atom is 0.237 e. The van der Waals surface area contributed by atoms with Crippen molar-refractivity contribution in [3.8, 4) is 0 Å². The van der Waals surface area contributed by atoms with E-state index in [0.29, 0.717) is 23.4 Å². The normalized spacial score (nSPS) is 33.2. The molecule has 4 heteroatoms. The van der Waals surface area contributed by atoms with Gasteiger partial charge in [0.05, 0.1) is 17.5 Å².